The van der Waals surface area contributed by atoms with Gasteiger partial charge in [0.25, 0.3) is 0 Å². The molecule has 0 atom stereocenters. The van der Waals surface area contributed by atoms with Crippen molar-refractivity contribution in [3.8, 4) is 0 Å². The van der Waals surface area contributed by atoms with Crippen molar-refractivity contribution in [2.45, 2.75) is 71.6 Å². The summed E-state index contributed by atoms with van der Waals surface area (Å²) in [6.45, 7) is 10.2. The van der Waals surface area contributed by atoms with E-state index in [0.717, 1.165) is 76.5 Å². The molecule has 0 aliphatic carbocycles. The molecule has 28 heavy (non-hydrogen) atoms. The van der Waals surface area contributed by atoms with Crippen LogP contribution in [0.25, 0.3) is 0 Å². The van der Waals surface area contributed by atoms with Gasteiger partial charge in [-0.2, -0.15) is 4.98 Å². The molecule has 1 aliphatic heterocycles. The van der Waals surface area contributed by atoms with Gasteiger partial charge in [-0.05, 0) is 32.6 Å². The third kappa shape index (κ3) is 7.86. The first-order chi connectivity index (χ1) is 13.6. The molecule has 2 N–H and O–H groups in total. The highest BCUT2D eigenvalue weighted by Crippen LogP contribution is 2.11. The van der Waals surface area contributed by atoms with Crippen LogP contribution < -0.4 is 10.6 Å². The van der Waals surface area contributed by atoms with Gasteiger partial charge in [0.05, 0.1) is 0 Å². The van der Waals surface area contributed by atoms with Gasteiger partial charge < -0.3 is 20.1 Å². The van der Waals surface area contributed by atoms with E-state index >= 15 is 0 Å². The summed E-state index contributed by atoms with van der Waals surface area (Å²) in [6, 6.07) is 0. The van der Waals surface area contributed by atoms with Crippen LogP contribution in [0.3, 0.4) is 0 Å². The number of hydrogen-bond acceptors (Lipinski definition) is 5. The fourth-order valence-electron chi connectivity index (χ4n) is 3.12. The van der Waals surface area contributed by atoms with E-state index in [-0.39, 0.29) is 5.92 Å². The lowest BCUT2D eigenvalue weighted by Gasteiger charge is -2.20. The number of nitrogens with zero attached hydrogens (tertiary/aromatic N) is 4. The Balaban J connectivity index is 1.67. The standard InChI is InChI=1S/C20H36N6O2/c1-4-21-20(22-12-8-10-17-24-19(16(2)3)25-28-17)23-13-9-15-26-14-7-5-6-11-18(26)27/h16H,4-15H2,1-3H3,(H2,21,22,23). The van der Waals surface area contributed by atoms with E-state index in [4.69, 9.17) is 4.52 Å². The zero-order valence-corrected chi connectivity index (χ0v) is 17.7. The molecule has 0 aromatic carbocycles. The van der Waals surface area contributed by atoms with Crippen LogP contribution in [0.15, 0.2) is 9.52 Å². The van der Waals surface area contributed by atoms with Crippen LogP contribution in [0.1, 0.15) is 76.9 Å². The van der Waals surface area contributed by atoms with E-state index in [1.54, 1.807) is 0 Å². The van der Waals surface area contributed by atoms with Gasteiger partial charge in [0, 0.05) is 51.5 Å². The first-order valence-corrected chi connectivity index (χ1v) is 10.7. The lowest BCUT2D eigenvalue weighted by atomic mass is 10.2. The van der Waals surface area contributed by atoms with Crippen molar-refractivity contribution < 1.29 is 9.32 Å². The van der Waals surface area contributed by atoms with Crippen molar-refractivity contribution in [3.63, 3.8) is 0 Å². The number of rotatable bonds is 10. The number of amides is 1. The average Bonchev–Trinajstić information content (AvgIpc) is 3.06. The molecule has 0 saturated carbocycles. The molecule has 1 fully saturated rings. The van der Waals surface area contributed by atoms with Gasteiger partial charge in [0.2, 0.25) is 11.8 Å². The smallest absolute Gasteiger partial charge is 0.226 e. The highest BCUT2D eigenvalue weighted by Gasteiger charge is 2.15. The monoisotopic (exact) mass is 392 g/mol. The number of likely N-dealkylation sites (tertiary alicyclic amines) is 1. The number of aryl methyl sites for hydroxylation is 1. The van der Waals surface area contributed by atoms with Crippen molar-refractivity contribution in [1.29, 1.82) is 0 Å². The quantitative estimate of drug-likeness (QED) is 0.361. The SMILES string of the molecule is CCNC(=NCCCN1CCCCCC1=O)NCCCc1nc(C(C)C)no1. The molecule has 2 rings (SSSR count). The van der Waals surface area contributed by atoms with Crippen LogP contribution in [0.4, 0.5) is 0 Å². The van der Waals surface area contributed by atoms with Crippen LogP contribution in [0.2, 0.25) is 0 Å². The summed E-state index contributed by atoms with van der Waals surface area (Å²) in [5.74, 6) is 2.86. The zero-order valence-electron chi connectivity index (χ0n) is 17.7. The lowest BCUT2D eigenvalue weighted by molar-refractivity contribution is -0.130. The van der Waals surface area contributed by atoms with Crippen molar-refractivity contribution in [2.75, 3.05) is 32.7 Å². The largest absolute Gasteiger partial charge is 0.357 e. The molecule has 1 saturated heterocycles. The molecular formula is C20H36N6O2. The summed E-state index contributed by atoms with van der Waals surface area (Å²) in [5.41, 5.74) is 0. The predicted molar refractivity (Wildman–Crippen MR) is 110 cm³/mol. The predicted octanol–water partition coefficient (Wildman–Crippen LogP) is 2.47. The Morgan fingerprint density at radius 2 is 2.11 bits per heavy atom. The molecule has 0 radical (unpaired) electrons. The van der Waals surface area contributed by atoms with Gasteiger partial charge >= 0.3 is 0 Å². The van der Waals surface area contributed by atoms with Crippen LogP contribution in [0.5, 0.6) is 0 Å². The fraction of sp³-hybridized carbons (Fsp3) is 0.800. The zero-order chi connectivity index (χ0) is 20.2. The third-order valence-electron chi connectivity index (χ3n) is 4.73. The summed E-state index contributed by atoms with van der Waals surface area (Å²) in [6.07, 6.45) is 6.56. The highest BCUT2D eigenvalue weighted by molar-refractivity contribution is 5.79. The number of carbonyl (C=O) groups excluding carboxylic acids is 1. The molecule has 0 spiro atoms. The van der Waals surface area contributed by atoms with E-state index in [0.29, 0.717) is 24.8 Å². The molecule has 8 heteroatoms. The maximum atomic E-state index is 12.0. The molecular weight excluding hydrogens is 356 g/mol. The van der Waals surface area contributed by atoms with E-state index < -0.39 is 0 Å². The van der Waals surface area contributed by atoms with E-state index in [1.165, 1.54) is 0 Å². The molecule has 0 unspecified atom stereocenters. The second-order valence-corrected chi connectivity index (χ2v) is 7.54. The van der Waals surface area contributed by atoms with Crippen molar-refractivity contribution in [2.24, 2.45) is 4.99 Å². The second-order valence-electron chi connectivity index (χ2n) is 7.54. The summed E-state index contributed by atoms with van der Waals surface area (Å²) < 4.78 is 5.27. The lowest BCUT2D eigenvalue weighted by Crippen LogP contribution is -2.38. The minimum Gasteiger partial charge on any atom is -0.357 e. The summed E-state index contributed by atoms with van der Waals surface area (Å²) >= 11 is 0. The van der Waals surface area contributed by atoms with E-state index in [2.05, 4.69) is 46.5 Å². The van der Waals surface area contributed by atoms with Crippen molar-refractivity contribution >= 4 is 11.9 Å². The van der Waals surface area contributed by atoms with Gasteiger partial charge in [0.1, 0.15) is 0 Å². The Morgan fingerprint density at radius 3 is 2.86 bits per heavy atom. The maximum Gasteiger partial charge on any atom is 0.226 e. The number of aromatic nitrogens is 2. The van der Waals surface area contributed by atoms with Gasteiger partial charge in [-0.25, -0.2) is 0 Å². The summed E-state index contributed by atoms with van der Waals surface area (Å²) in [5, 5.41) is 10.6. The van der Waals surface area contributed by atoms with Gasteiger partial charge in [0.15, 0.2) is 11.8 Å². The van der Waals surface area contributed by atoms with Gasteiger partial charge in [-0.3, -0.25) is 9.79 Å². The van der Waals surface area contributed by atoms with Crippen LogP contribution >= 0.6 is 0 Å². The van der Waals surface area contributed by atoms with Crippen LogP contribution in [0, 0.1) is 0 Å². The minimum absolute atomic E-state index is 0.285. The fourth-order valence-corrected chi connectivity index (χ4v) is 3.12. The number of guanidine groups is 1. The summed E-state index contributed by atoms with van der Waals surface area (Å²) in [7, 11) is 0. The Labute approximate surface area is 168 Å². The Morgan fingerprint density at radius 1 is 1.25 bits per heavy atom. The molecule has 1 amide bonds. The Bertz CT molecular complexity index is 614. The minimum atomic E-state index is 0.285. The van der Waals surface area contributed by atoms with E-state index in [9.17, 15) is 4.79 Å². The van der Waals surface area contributed by atoms with E-state index in [1.807, 2.05) is 4.90 Å². The summed E-state index contributed by atoms with van der Waals surface area (Å²) in [4.78, 5) is 23.0. The second kappa shape index (κ2) is 12.4. The Hall–Kier alpha value is -2.12. The molecule has 8 nitrogen and oxygen atoms in total. The molecule has 1 aromatic rings. The topological polar surface area (TPSA) is 95.7 Å². The maximum absolute atomic E-state index is 12.0. The molecule has 1 aliphatic rings. The molecule has 158 valence electrons. The first-order valence-electron chi connectivity index (χ1n) is 10.7. The van der Waals surface area contributed by atoms with Crippen molar-refractivity contribution in [1.82, 2.24) is 25.7 Å². The van der Waals surface area contributed by atoms with Crippen LogP contribution in [-0.4, -0.2) is 59.6 Å². The average molecular weight is 393 g/mol. The van der Waals surface area contributed by atoms with Gasteiger partial charge in [-0.15, -0.1) is 0 Å². The number of carbonyl (C=O) groups is 1. The molecule has 1 aromatic heterocycles. The Kier molecular flexibility index (Phi) is 9.79. The molecule has 0 bridgehead atoms. The first kappa shape index (κ1) is 22.2. The van der Waals surface area contributed by atoms with Crippen LogP contribution in [-0.2, 0) is 11.2 Å². The van der Waals surface area contributed by atoms with Gasteiger partial charge in [-0.1, -0.05) is 25.4 Å². The van der Waals surface area contributed by atoms with Crippen molar-refractivity contribution in [3.05, 3.63) is 11.7 Å². The highest BCUT2D eigenvalue weighted by atomic mass is 16.5. The third-order valence-corrected chi connectivity index (χ3v) is 4.73. The number of hydrogen-bond donors (Lipinski definition) is 2. The number of aliphatic imine (C=N–C) groups is 1. The molecule has 2 heterocycles. The number of nitrogens with one attached hydrogen (secondary N) is 2. The normalized spacial score (nSPS) is 15.8.